The highest BCUT2D eigenvalue weighted by atomic mass is 32.2. The first kappa shape index (κ1) is 25.8. The van der Waals surface area contributed by atoms with E-state index in [-0.39, 0.29) is 10.6 Å². The van der Waals surface area contributed by atoms with Gasteiger partial charge in [0.2, 0.25) is 5.91 Å². The van der Waals surface area contributed by atoms with Gasteiger partial charge in [0.25, 0.3) is 10.0 Å². The minimum atomic E-state index is -4.14. The molecule has 1 aromatic heterocycles. The lowest BCUT2D eigenvalue weighted by molar-refractivity contribution is -0.114. The molecule has 0 saturated heterocycles. The number of carbonyl (C=O) groups excluding carboxylic acids is 1. The maximum absolute atomic E-state index is 13.5. The van der Waals surface area contributed by atoms with Crippen LogP contribution in [0.1, 0.15) is 18.1 Å². The Labute approximate surface area is 215 Å². The van der Waals surface area contributed by atoms with E-state index in [4.69, 9.17) is 4.74 Å². The average Bonchev–Trinajstić information content (AvgIpc) is 2.90. The summed E-state index contributed by atoms with van der Waals surface area (Å²) in [6.07, 6.45) is 4.19. The molecule has 0 radical (unpaired) electrons. The Morgan fingerprint density at radius 3 is 2.14 bits per heavy atom. The van der Waals surface area contributed by atoms with Gasteiger partial charge in [-0.3, -0.25) is 14.1 Å². The second kappa shape index (κ2) is 11.7. The number of nitrogens with one attached hydrogen (secondary N) is 1. The number of aromatic nitrogens is 1. The van der Waals surface area contributed by atoms with Crippen molar-refractivity contribution in [3.05, 3.63) is 114 Å². The topological polar surface area (TPSA) is 88.6 Å². The second-order valence-electron chi connectivity index (χ2n) is 8.17. The predicted octanol–water partition coefficient (Wildman–Crippen LogP) is 5.04. The Kier molecular flexibility index (Phi) is 8.15. The van der Waals surface area contributed by atoms with E-state index in [0.29, 0.717) is 18.0 Å². The monoisotopic (exact) mass is 519 g/mol. The fraction of sp³-hybridized carbons (Fsp3) is 0.143. The molecule has 0 aliphatic carbocycles. The molecule has 4 rings (SSSR count). The van der Waals surface area contributed by atoms with Crippen molar-refractivity contribution in [2.45, 2.75) is 18.2 Å². The van der Waals surface area contributed by atoms with Crippen LogP contribution in [0, 0.1) is 5.82 Å². The van der Waals surface area contributed by atoms with E-state index in [1.807, 2.05) is 31.2 Å². The maximum atomic E-state index is 13.5. The summed E-state index contributed by atoms with van der Waals surface area (Å²) in [4.78, 5) is 16.9. The lowest BCUT2D eigenvalue weighted by Crippen LogP contribution is -2.38. The summed E-state index contributed by atoms with van der Waals surface area (Å²) in [5.41, 5.74) is 2.86. The second-order valence-corrected chi connectivity index (χ2v) is 10.0. The minimum Gasteiger partial charge on any atom is -0.494 e. The number of anilines is 2. The number of hydrogen-bond donors (Lipinski definition) is 1. The Hall–Kier alpha value is -4.24. The summed E-state index contributed by atoms with van der Waals surface area (Å²) in [7, 11) is -4.14. The number of benzene rings is 3. The number of carbonyl (C=O) groups is 1. The number of sulfonamides is 1. The third-order valence-electron chi connectivity index (χ3n) is 5.52. The molecule has 3 aromatic carbocycles. The smallest absolute Gasteiger partial charge is 0.264 e. The van der Waals surface area contributed by atoms with Crippen LogP contribution in [-0.2, 0) is 21.2 Å². The zero-order chi connectivity index (χ0) is 26.3. The molecule has 1 amide bonds. The van der Waals surface area contributed by atoms with Crippen LogP contribution in [0.2, 0.25) is 0 Å². The quantitative estimate of drug-likeness (QED) is 0.317. The molecule has 4 aromatic rings. The van der Waals surface area contributed by atoms with Gasteiger partial charge in [0.1, 0.15) is 18.1 Å². The normalized spacial score (nSPS) is 11.1. The highest BCUT2D eigenvalue weighted by Gasteiger charge is 2.27. The third-order valence-corrected chi connectivity index (χ3v) is 7.31. The van der Waals surface area contributed by atoms with Crippen LogP contribution in [-0.4, -0.2) is 32.5 Å². The molecule has 37 heavy (non-hydrogen) atoms. The van der Waals surface area contributed by atoms with Crippen molar-refractivity contribution >= 4 is 27.3 Å². The Bertz CT molecular complexity index is 1430. The molecule has 0 aliphatic rings. The van der Waals surface area contributed by atoms with E-state index >= 15 is 0 Å². The zero-order valence-electron chi connectivity index (χ0n) is 20.2. The summed E-state index contributed by atoms with van der Waals surface area (Å²) in [6.45, 7) is 1.77. The van der Waals surface area contributed by atoms with Crippen LogP contribution in [0.5, 0.6) is 5.75 Å². The number of rotatable bonds is 10. The number of halogens is 1. The molecule has 1 N–H and O–H groups in total. The first-order chi connectivity index (χ1) is 17.8. The van der Waals surface area contributed by atoms with Gasteiger partial charge in [-0.25, -0.2) is 12.8 Å². The van der Waals surface area contributed by atoms with Gasteiger partial charge in [-0.15, -0.1) is 0 Å². The van der Waals surface area contributed by atoms with E-state index in [1.165, 1.54) is 24.3 Å². The fourth-order valence-electron chi connectivity index (χ4n) is 3.70. The molecule has 0 atom stereocenters. The zero-order valence-corrected chi connectivity index (χ0v) is 21.0. The molecule has 0 spiro atoms. The van der Waals surface area contributed by atoms with Gasteiger partial charge in [0.15, 0.2) is 0 Å². The average molecular weight is 520 g/mol. The molecule has 0 unspecified atom stereocenters. The molecular weight excluding hydrogens is 493 g/mol. The van der Waals surface area contributed by atoms with Crippen molar-refractivity contribution < 1.29 is 22.3 Å². The maximum Gasteiger partial charge on any atom is 0.264 e. The highest BCUT2D eigenvalue weighted by molar-refractivity contribution is 7.92. The van der Waals surface area contributed by atoms with Crippen molar-refractivity contribution in [1.29, 1.82) is 0 Å². The summed E-state index contributed by atoms with van der Waals surface area (Å²) < 4.78 is 46.9. The van der Waals surface area contributed by atoms with Gasteiger partial charge in [-0.2, -0.15) is 0 Å². The first-order valence-corrected chi connectivity index (χ1v) is 13.1. The molecule has 190 valence electrons. The molecule has 0 fully saturated rings. The predicted molar refractivity (Wildman–Crippen MR) is 141 cm³/mol. The van der Waals surface area contributed by atoms with Gasteiger partial charge in [0.05, 0.1) is 17.2 Å². The van der Waals surface area contributed by atoms with Crippen LogP contribution in [0.4, 0.5) is 15.8 Å². The first-order valence-electron chi connectivity index (χ1n) is 11.6. The van der Waals surface area contributed by atoms with E-state index in [0.717, 1.165) is 34.0 Å². The minimum absolute atomic E-state index is 0.0199. The van der Waals surface area contributed by atoms with Crippen LogP contribution in [0.25, 0.3) is 0 Å². The number of amides is 1. The van der Waals surface area contributed by atoms with Crippen molar-refractivity contribution in [1.82, 2.24) is 4.98 Å². The Balaban J connectivity index is 1.52. The lowest BCUT2D eigenvalue weighted by atomic mass is 10.1. The van der Waals surface area contributed by atoms with Crippen molar-refractivity contribution in [3.8, 4) is 5.75 Å². The largest absolute Gasteiger partial charge is 0.494 e. The van der Waals surface area contributed by atoms with Crippen molar-refractivity contribution in [3.63, 3.8) is 0 Å². The van der Waals surface area contributed by atoms with Gasteiger partial charge in [-0.05, 0) is 97.3 Å². The molecule has 0 aliphatic heterocycles. The summed E-state index contributed by atoms with van der Waals surface area (Å²) in [5, 5.41) is 2.74. The number of pyridine rings is 1. The molecular formula is C28H26FN3O4S. The molecule has 0 saturated carbocycles. The van der Waals surface area contributed by atoms with Crippen LogP contribution in [0.15, 0.2) is 102 Å². The third kappa shape index (κ3) is 6.71. The lowest BCUT2D eigenvalue weighted by Gasteiger charge is -2.24. The standard InChI is InChI=1S/C28H26FN3O4S/c1-2-36-26-11-13-27(14-12-26)37(34,35)32(25-9-5-23(29)6-10-25)20-28(33)31-24-7-3-21(4-8-24)19-22-15-17-30-18-16-22/h3-18H,2,19-20H2,1H3,(H,31,33). The van der Waals surface area contributed by atoms with Crippen molar-refractivity contribution in [2.24, 2.45) is 0 Å². The van der Waals surface area contributed by atoms with Gasteiger partial charge in [0, 0.05) is 18.1 Å². The van der Waals surface area contributed by atoms with E-state index in [2.05, 4.69) is 10.3 Å². The van der Waals surface area contributed by atoms with Crippen molar-refractivity contribution in [2.75, 3.05) is 22.8 Å². The van der Waals surface area contributed by atoms with Crippen LogP contribution >= 0.6 is 0 Å². The van der Waals surface area contributed by atoms with E-state index < -0.39 is 28.3 Å². The highest BCUT2D eigenvalue weighted by Crippen LogP contribution is 2.26. The van der Waals surface area contributed by atoms with Gasteiger partial charge in [-0.1, -0.05) is 12.1 Å². The summed E-state index contributed by atoms with van der Waals surface area (Å²) in [6, 6.07) is 22.0. The number of ether oxygens (including phenoxy) is 1. The summed E-state index contributed by atoms with van der Waals surface area (Å²) >= 11 is 0. The fourth-order valence-corrected chi connectivity index (χ4v) is 5.12. The molecule has 0 bridgehead atoms. The van der Waals surface area contributed by atoms with Gasteiger partial charge >= 0.3 is 0 Å². The molecule has 7 nitrogen and oxygen atoms in total. The SMILES string of the molecule is CCOc1ccc(S(=O)(=O)N(CC(=O)Nc2ccc(Cc3ccncc3)cc2)c2ccc(F)cc2)cc1. The number of hydrogen-bond acceptors (Lipinski definition) is 5. The molecule has 9 heteroatoms. The summed E-state index contributed by atoms with van der Waals surface area (Å²) in [5.74, 6) is -0.529. The van der Waals surface area contributed by atoms with Crippen LogP contribution < -0.4 is 14.4 Å². The number of nitrogens with zero attached hydrogens (tertiary/aromatic N) is 2. The van der Waals surface area contributed by atoms with E-state index in [1.54, 1.807) is 36.7 Å². The Morgan fingerprint density at radius 1 is 0.892 bits per heavy atom. The molecule has 1 heterocycles. The Morgan fingerprint density at radius 2 is 1.51 bits per heavy atom. The van der Waals surface area contributed by atoms with Gasteiger partial charge < -0.3 is 10.1 Å². The van der Waals surface area contributed by atoms with E-state index in [9.17, 15) is 17.6 Å². The van der Waals surface area contributed by atoms with Crippen LogP contribution in [0.3, 0.4) is 0 Å².